The number of furan rings is 2. The van der Waals surface area contributed by atoms with Crippen molar-refractivity contribution in [2.45, 2.75) is 6.92 Å². The molecule has 0 spiro atoms. The van der Waals surface area contributed by atoms with Crippen LogP contribution in [-0.4, -0.2) is 5.78 Å². The third-order valence-corrected chi connectivity index (χ3v) is 3.40. The highest BCUT2D eigenvalue weighted by atomic mass is 79.9. The van der Waals surface area contributed by atoms with Gasteiger partial charge in [0.1, 0.15) is 11.2 Å². The van der Waals surface area contributed by atoms with Crippen molar-refractivity contribution in [3.05, 3.63) is 34.7 Å². The highest BCUT2D eigenvalue weighted by Crippen LogP contribution is 2.37. The van der Waals surface area contributed by atoms with Crippen LogP contribution in [0.4, 0.5) is 0 Å². The second kappa shape index (κ2) is 3.22. The average Bonchev–Trinajstić information content (AvgIpc) is 2.84. The molecule has 0 aliphatic heterocycles. The number of hydrogen-bond acceptors (Lipinski definition) is 3. The fourth-order valence-corrected chi connectivity index (χ4v) is 2.57. The van der Waals surface area contributed by atoms with E-state index in [-0.39, 0.29) is 5.78 Å². The lowest BCUT2D eigenvalue weighted by atomic mass is 10.0. The van der Waals surface area contributed by atoms with E-state index in [2.05, 4.69) is 15.9 Å². The van der Waals surface area contributed by atoms with E-state index in [1.165, 1.54) is 6.92 Å². The van der Waals surface area contributed by atoms with E-state index < -0.39 is 0 Å². The summed E-state index contributed by atoms with van der Waals surface area (Å²) >= 11 is 3.46. The molecule has 0 saturated carbocycles. The van der Waals surface area contributed by atoms with Gasteiger partial charge in [0, 0.05) is 10.8 Å². The first kappa shape index (κ1) is 9.66. The summed E-state index contributed by atoms with van der Waals surface area (Å²) < 4.78 is 11.6. The summed E-state index contributed by atoms with van der Waals surface area (Å²) in [6, 6.07) is 3.59. The zero-order valence-electron chi connectivity index (χ0n) is 8.41. The molecule has 0 unspecified atom stereocenters. The Morgan fingerprint density at radius 2 is 1.75 bits per heavy atom. The summed E-state index contributed by atoms with van der Waals surface area (Å²) in [5.74, 6) is -0.0288. The lowest BCUT2D eigenvalue weighted by Gasteiger charge is -2.02. The van der Waals surface area contributed by atoms with Crippen LogP contribution in [0.15, 0.2) is 38.0 Å². The Balaban J connectivity index is 2.67. The van der Waals surface area contributed by atoms with E-state index in [4.69, 9.17) is 8.83 Å². The Hall–Kier alpha value is -1.55. The van der Waals surface area contributed by atoms with Gasteiger partial charge in [-0.05, 0) is 35.0 Å². The molecule has 3 nitrogen and oxygen atoms in total. The minimum Gasteiger partial charge on any atom is -0.464 e. The Morgan fingerprint density at radius 1 is 1.12 bits per heavy atom. The quantitative estimate of drug-likeness (QED) is 0.628. The van der Waals surface area contributed by atoms with Crippen molar-refractivity contribution >= 4 is 43.7 Å². The van der Waals surface area contributed by atoms with Crippen molar-refractivity contribution in [1.82, 2.24) is 0 Å². The number of hydrogen-bond donors (Lipinski definition) is 0. The first-order chi connectivity index (χ1) is 7.70. The molecule has 0 aliphatic carbocycles. The Kier molecular flexibility index (Phi) is 1.94. The molecule has 2 aromatic heterocycles. The third kappa shape index (κ3) is 1.10. The standard InChI is InChI=1S/C12H7BrO3/c1-6(14)9-7-2-4-16-12(7)10(13)8-3-5-15-11(8)9/h2-5H,1H3. The monoisotopic (exact) mass is 278 g/mol. The van der Waals surface area contributed by atoms with Crippen molar-refractivity contribution in [2.75, 3.05) is 0 Å². The number of rotatable bonds is 1. The van der Waals surface area contributed by atoms with Crippen molar-refractivity contribution in [3.63, 3.8) is 0 Å². The van der Waals surface area contributed by atoms with Crippen LogP contribution in [0.5, 0.6) is 0 Å². The van der Waals surface area contributed by atoms with E-state index in [0.29, 0.717) is 16.7 Å². The van der Waals surface area contributed by atoms with Gasteiger partial charge in [0.15, 0.2) is 5.78 Å². The van der Waals surface area contributed by atoms with E-state index in [0.717, 1.165) is 15.2 Å². The Bertz CT molecular complexity index is 654. The van der Waals surface area contributed by atoms with Gasteiger partial charge >= 0.3 is 0 Å². The molecule has 0 aliphatic rings. The fourth-order valence-electron chi connectivity index (χ4n) is 1.95. The van der Waals surface area contributed by atoms with Gasteiger partial charge in [0.2, 0.25) is 0 Å². The lowest BCUT2D eigenvalue weighted by molar-refractivity contribution is 0.102. The van der Waals surface area contributed by atoms with Crippen molar-refractivity contribution in [2.24, 2.45) is 0 Å². The molecule has 0 N–H and O–H groups in total. The number of fused-ring (bicyclic) bond motifs is 2. The van der Waals surface area contributed by atoms with E-state index in [9.17, 15) is 4.79 Å². The number of ketones is 1. The van der Waals surface area contributed by atoms with Crippen LogP contribution in [0, 0.1) is 0 Å². The number of carbonyl (C=O) groups excluding carboxylic acids is 1. The molecule has 0 bridgehead atoms. The maximum Gasteiger partial charge on any atom is 0.164 e. The molecule has 0 amide bonds. The fraction of sp³-hybridized carbons (Fsp3) is 0.0833. The molecular formula is C12H7BrO3. The smallest absolute Gasteiger partial charge is 0.164 e. The molecule has 2 heterocycles. The maximum atomic E-state index is 11.7. The molecule has 1 aromatic carbocycles. The topological polar surface area (TPSA) is 43.4 Å². The Morgan fingerprint density at radius 3 is 2.44 bits per heavy atom. The first-order valence-corrected chi connectivity index (χ1v) is 5.56. The highest BCUT2D eigenvalue weighted by Gasteiger charge is 2.19. The Labute approximate surface area is 99.1 Å². The first-order valence-electron chi connectivity index (χ1n) is 4.77. The van der Waals surface area contributed by atoms with Crippen LogP contribution in [-0.2, 0) is 0 Å². The highest BCUT2D eigenvalue weighted by molar-refractivity contribution is 9.10. The summed E-state index contributed by atoms with van der Waals surface area (Å²) in [6.45, 7) is 1.53. The van der Waals surface area contributed by atoms with E-state index >= 15 is 0 Å². The van der Waals surface area contributed by atoms with Crippen molar-refractivity contribution in [1.29, 1.82) is 0 Å². The molecule has 0 radical (unpaired) electrons. The molecule has 3 rings (SSSR count). The molecule has 4 heteroatoms. The van der Waals surface area contributed by atoms with Crippen molar-refractivity contribution in [3.8, 4) is 0 Å². The molecule has 0 atom stereocenters. The zero-order chi connectivity index (χ0) is 11.3. The van der Waals surface area contributed by atoms with Gasteiger partial charge in [-0.2, -0.15) is 0 Å². The SMILES string of the molecule is CC(=O)c1c2ccoc2c(Br)c2ccoc12. The summed E-state index contributed by atoms with van der Waals surface area (Å²) in [7, 11) is 0. The van der Waals surface area contributed by atoms with Gasteiger partial charge in [-0.25, -0.2) is 0 Å². The van der Waals surface area contributed by atoms with Gasteiger partial charge in [-0.15, -0.1) is 0 Å². The third-order valence-electron chi connectivity index (χ3n) is 2.61. The summed E-state index contributed by atoms with van der Waals surface area (Å²) in [6.07, 6.45) is 3.14. The molecule has 16 heavy (non-hydrogen) atoms. The summed E-state index contributed by atoms with van der Waals surface area (Å²) in [4.78, 5) is 11.7. The summed E-state index contributed by atoms with van der Waals surface area (Å²) in [5.41, 5.74) is 1.86. The number of halogens is 1. The van der Waals surface area contributed by atoms with Gasteiger partial charge in [-0.1, -0.05) is 0 Å². The molecular weight excluding hydrogens is 272 g/mol. The summed E-state index contributed by atoms with van der Waals surface area (Å²) in [5, 5.41) is 1.63. The molecule has 3 aromatic rings. The lowest BCUT2D eigenvalue weighted by Crippen LogP contribution is -1.93. The second-order valence-electron chi connectivity index (χ2n) is 3.57. The number of carbonyl (C=O) groups is 1. The largest absolute Gasteiger partial charge is 0.464 e. The minimum atomic E-state index is -0.0288. The molecule has 0 fully saturated rings. The van der Waals surface area contributed by atoms with Gasteiger partial charge in [-0.3, -0.25) is 4.79 Å². The second-order valence-corrected chi connectivity index (χ2v) is 4.36. The normalized spacial score (nSPS) is 11.4. The van der Waals surface area contributed by atoms with Crippen LogP contribution in [0.2, 0.25) is 0 Å². The van der Waals surface area contributed by atoms with Crippen LogP contribution < -0.4 is 0 Å². The van der Waals surface area contributed by atoms with Crippen LogP contribution in [0.3, 0.4) is 0 Å². The predicted molar refractivity (Wildman–Crippen MR) is 63.7 cm³/mol. The number of benzene rings is 1. The van der Waals surface area contributed by atoms with Gasteiger partial charge in [0.25, 0.3) is 0 Å². The maximum absolute atomic E-state index is 11.7. The van der Waals surface area contributed by atoms with Crippen LogP contribution in [0.25, 0.3) is 21.9 Å². The van der Waals surface area contributed by atoms with Crippen LogP contribution >= 0.6 is 15.9 Å². The van der Waals surface area contributed by atoms with Gasteiger partial charge in [0.05, 0.1) is 22.6 Å². The average molecular weight is 279 g/mol. The molecule has 0 saturated heterocycles. The van der Waals surface area contributed by atoms with E-state index in [1.54, 1.807) is 18.6 Å². The minimum absolute atomic E-state index is 0.0288. The zero-order valence-corrected chi connectivity index (χ0v) is 10.00. The van der Waals surface area contributed by atoms with Crippen LogP contribution in [0.1, 0.15) is 17.3 Å². The number of Topliss-reactive ketones (excluding diaryl/α,β-unsaturated/α-hetero) is 1. The van der Waals surface area contributed by atoms with E-state index in [1.807, 2.05) is 6.07 Å². The predicted octanol–water partition coefficient (Wildman–Crippen LogP) is 4.14. The van der Waals surface area contributed by atoms with Crippen molar-refractivity contribution < 1.29 is 13.6 Å². The van der Waals surface area contributed by atoms with Gasteiger partial charge < -0.3 is 8.83 Å². The molecule has 80 valence electrons.